The molecule has 2 N–H and O–H groups in total. The molecule has 1 aromatic heterocycles. The molecule has 1 fully saturated rings. The summed E-state index contributed by atoms with van der Waals surface area (Å²) in [7, 11) is 1.31. The summed E-state index contributed by atoms with van der Waals surface area (Å²) in [6.45, 7) is 1.52. The summed E-state index contributed by atoms with van der Waals surface area (Å²) in [4.78, 5) is 50.2. The van der Waals surface area contributed by atoms with Gasteiger partial charge in [-0.1, -0.05) is 35.9 Å². The van der Waals surface area contributed by atoms with Gasteiger partial charge in [0.25, 0.3) is 5.91 Å². The Labute approximate surface area is 189 Å². The number of rotatable bonds is 6. The number of amides is 4. The molecule has 1 aliphatic heterocycles. The van der Waals surface area contributed by atoms with Crippen LogP contribution in [-0.4, -0.2) is 46.9 Å². The Kier molecular flexibility index (Phi) is 5.95. The SMILES string of the molecule is COC(=O)Cn1cc(/C=C2/NC(=O)N(CC(=O)Nc3ccc(C)cc3)C2=O)c2ccccc21. The van der Waals surface area contributed by atoms with Crippen LogP contribution in [-0.2, 0) is 25.7 Å². The van der Waals surface area contributed by atoms with E-state index in [1.165, 1.54) is 13.2 Å². The highest BCUT2D eigenvalue weighted by atomic mass is 16.5. The molecule has 0 atom stereocenters. The number of nitrogens with zero attached hydrogens (tertiary/aromatic N) is 2. The third-order valence-corrected chi connectivity index (χ3v) is 5.25. The maximum absolute atomic E-state index is 12.8. The molecule has 33 heavy (non-hydrogen) atoms. The minimum atomic E-state index is -0.677. The van der Waals surface area contributed by atoms with Gasteiger partial charge in [0.15, 0.2) is 0 Å². The molecule has 2 heterocycles. The molecule has 0 spiro atoms. The summed E-state index contributed by atoms with van der Waals surface area (Å²) >= 11 is 0. The van der Waals surface area contributed by atoms with Crippen LogP contribution >= 0.6 is 0 Å². The Morgan fingerprint density at radius 3 is 2.52 bits per heavy atom. The Morgan fingerprint density at radius 2 is 1.79 bits per heavy atom. The lowest BCUT2D eigenvalue weighted by Gasteiger charge is -2.12. The fourth-order valence-electron chi connectivity index (χ4n) is 3.58. The van der Waals surface area contributed by atoms with Crippen LogP contribution in [0.2, 0.25) is 0 Å². The Morgan fingerprint density at radius 1 is 1.06 bits per heavy atom. The highest BCUT2D eigenvalue weighted by molar-refractivity contribution is 6.16. The predicted octanol–water partition coefficient (Wildman–Crippen LogP) is 2.65. The molecule has 0 unspecified atom stereocenters. The molecule has 0 saturated carbocycles. The molecular weight excluding hydrogens is 424 g/mol. The molecule has 168 valence electrons. The number of hydrogen-bond donors (Lipinski definition) is 2. The number of ether oxygens (including phenoxy) is 1. The highest BCUT2D eigenvalue weighted by Gasteiger charge is 2.35. The third kappa shape index (κ3) is 4.62. The number of imide groups is 1. The number of hydrogen-bond acceptors (Lipinski definition) is 5. The van der Waals surface area contributed by atoms with E-state index in [-0.39, 0.29) is 12.2 Å². The van der Waals surface area contributed by atoms with E-state index in [9.17, 15) is 19.2 Å². The first-order chi connectivity index (χ1) is 15.9. The van der Waals surface area contributed by atoms with Crippen molar-refractivity contribution in [2.45, 2.75) is 13.5 Å². The molecule has 0 radical (unpaired) electrons. The van der Waals surface area contributed by atoms with E-state index in [1.54, 1.807) is 22.9 Å². The van der Waals surface area contributed by atoms with Gasteiger partial charge >= 0.3 is 12.0 Å². The monoisotopic (exact) mass is 446 g/mol. The van der Waals surface area contributed by atoms with E-state index in [4.69, 9.17) is 4.74 Å². The van der Waals surface area contributed by atoms with E-state index in [2.05, 4.69) is 10.6 Å². The minimum absolute atomic E-state index is 0.00575. The quantitative estimate of drug-likeness (QED) is 0.344. The predicted molar refractivity (Wildman–Crippen MR) is 122 cm³/mol. The number of benzene rings is 2. The zero-order valence-corrected chi connectivity index (χ0v) is 18.1. The van der Waals surface area contributed by atoms with Gasteiger partial charge in [0.1, 0.15) is 18.8 Å². The number of aromatic nitrogens is 1. The number of fused-ring (bicyclic) bond motifs is 1. The lowest BCUT2D eigenvalue weighted by atomic mass is 10.1. The van der Waals surface area contributed by atoms with Crippen LogP contribution in [0.5, 0.6) is 0 Å². The van der Waals surface area contributed by atoms with Crippen molar-refractivity contribution in [3.63, 3.8) is 0 Å². The fourth-order valence-corrected chi connectivity index (χ4v) is 3.58. The van der Waals surface area contributed by atoms with Gasteiger partial charge < -0.3 is 19.9 Å². The number of nitrogens with one attached hydrogen (secondary N) is 2. The molecule has 2 aromatic carbocycles. The van der Waals surface area contributed by atoms with Gasteiger partial charge in [-0.05, 0) is 31.2 Å². The number of aryl methyl sites for hydroxylation is 1. The van der Waals surface area contributed by atoms with Gasteiger partial charge in [-0.3, -0.25) is 14.4 Å². The first-order valence-electron chi connectivity index (χ1n) is 10.2. The van der Waals surface area contributed by atoms with Crippen molar-refractivity contribution in [3.8, 4) is 0 Å². The van der Waals surface area contributed by atoms with Crippen molar-refractivity contribution in [2.24, 2.45) is 0 Å². The number of para-hydroxylation sites is 1. The lowest BCUT2D eigenvalue weighted by molar-refractivity contribution is -0.141. The average Bonchev–Trinajstić information content (AvgIpc) is 3.27. The van der Waals surface area contributed by atoms with Crippen LogP contribution in [0.15, 0.2) is 60.4 Å². The highest BCUT2D eigenvalue weighted by Crippen LogP contribution is 2.25. The van der Waals surface area contributed by atoms with Crippen molar-refractivity contribution in [2.75, 3.05) is 19.0 Å². The largest absolute Gasteiger partial charge is 0.468 e. The average molecular weight is 446 g/mol. The fraction of sp³-hybridized carbons (Fsp3) is 0.167. The second-order valence-corrected chi connectivity index (χ2v) is 7.60. The van der Waals surface area contributed by atoms with Gasteiger partial charge in [-0.15, -0.1) is 0 Å². The molecule has 0 bridgehead atoms. The van der Waals surface area contributed by atoms with Crippen LogP contribution in [0, 0.1) is 6.92 Å². The molecule has 0 aliphatic carbocycles. The third-order valence-electron chi connectivity index (χ3n) is 5.25. The molecule has 9 nitrogen and oxygen atoms in total. The summed E-state index contributed by atoms with van der Waals surface area (Å²) in [6, 6.07) is 13.9. The van der Waals surface area contributed by atoms with Gasteiger partial charge in [-0.25, -0.2) is 9.69 Å². The van der Waals surface area contributed by atoms with Crippen molar-refractivity contribution >= 4 is 46.5 Å². The van der Waals surface area contributed by atoms with E-state index >= 15 is 0 Å². The summed E-state index contributed by atoms with van der Waals surface area (Å²) in [5.74, 6) is -1.51. The topological polar surface area (TPSA) is 110 Å². The summed E-state index contributed by atoms with van der Waals surface area (Å²) < 4.78 is 6.46. The Bertz CT molecular complexity index is 1290. The van der Waals surface area contributed by atoms with Crippen molar-refractivity contribution in [3.05, 3.63) is 71.6 Å². The maximum Gasteiger partial charge on any atom is 0.329 e. The van der Waals surface area contributed by atoms with E-state index < -0.39 is 30.4 Å². The Hall–Kier alpha value is -4.40. The molecule has 1 aliphatic rings. The summed E-state index contributed by atoms with van der Waals surface area (Å²) in [5, 5.41) is 5.99. The van der Waals surface area contributed by atoms with E-state index in [0.29, 0.717) is 11.3 Å². The lowest BCUT2D eigenvalue weighted by Crippen LogP contribution is -2.38. The summed E-state index contributed by atoms with van der Waals surface area (Å²) in [5.41, 5.74) is 3.09. The number of anilines is 1. The number of carbonyl (C=O) groups is 4. The number of urea groups is 1. The molecule has 1 saturated heterocycles. The molecular formula is C24H22N4O5. The summed E-state index contributed by atoms with van der Waals surface area (Å²) in [6.07, 6.45) is 3.25. The Balaban J connectivity index is 1.54. The molecule has 3 aromatic rings. The molecule has 4 amide bonds. The number of methoxy groups -OCH3 is 1. The zero-order valence-electron chi connectivity index (χ0n) is 18.1. The minimum Gasteiger partial charge on any atom is -0.468 e. The van der Waals surface area contributed by atoms with Crippen LogP contribution < -0.4 is 10.6 Å². The smallest absolute Gasteiger partial charge is 0.329 e. The van der Waals surface area contributed by atoms with Gasteiger partial charge in [0.05, 0.1) is 7.11 Å². The van der Waals surface area contributed by atoms with Crippen LogP contribution in [0.25, 0.3) is 17.0 Å². The van der Waals surface area contributed by atoms with Crippen LogP contribution in [0.4, 0.5) is 10.5 Å². The van der Waals surface area contributed by atoms with Crippen molar-refractivity contribution in [1.82, 2.24) is 14.8 Å². The zero-order chi connectivity index (χ0) is 23.5. The van der Waals surface area contributed by atoms with Gasteiger partial charge in [0, 0.05) is 28.4 Å². The molecule has 4 rings (SSSR count). The molecule has 9 heteroatoms. The van der Waals surface area contributed by atoms with Crippen molar-refractivity contribution in [1.29, 1.82) is 0 Å². The first-order valence-corrected chi connectivity index (χ1v) is 10.2. The second kappa shape index (κ2) is 8.99. The van der Waals surface area contributed by atoms with Gasteiger partial charge in [0.2, 0.25) is 5.91 Å². The standard InChI is InChI=1S/C24H22N4O5/c1-15-7-9-17(10-8-15)25-21(29)13-28-23(31)19(26-24(28)32)11-16-12-27(14-22(30)33-2)20-6-4-3-5-18(16)20/h3-12H,13-14H2,1-2H3,(H,25,29)(H,26,32)/b19-11+. The first kappa shape index (κ1) is 21.8. The maximum atomic E-state index is 12.8. The number of carbonyl (C=O) groups excluding carboxylic acids is 4. The van der Waals surface area contributed by atoms with E-state index in [0.717, 1.165) is 21.4 Å². The number of esters is 1. The van der Waals surface area contributed by atoms with Crippen LogP contribution in [0.3, 0.4) is 0 Å². The van der Waals surface area contributed by atoms with Crippen molar-refractivity contribution < 1.29 is 23.9 Å². The normalized spacial score (nSPS) is 14.6. The van der Waals surface area contributed by atoms with E-state index in [1.807, 2.05) is 43.3 Å². The second-order valence-electron chi connectivity index (χ2n) is 7.60. The van der Waals surface area contributed by atoms with Crippen LogP contribution in [0.1, 0.15) is 11.1 Å². The van der Waals surface area contributed by atoms with Gasteiger partial charge in [-0.2, -0.15) is 0 Å².